The second-order valence-electron chi connectivity index (χ2n) is 4.64. The highest BCUT2D eigenvalue weighted by Crippen LogP contribution is 2.27. The average Bonchev–Trinajstić information content (AvgIpc) is 3.13. The van der Waals surface area contributed by atoms with Crippen molar-refractivity contribution in [3.05, 3.63) is 12.7 Å². The molecule has 5 nitrogen and oxygen atoms in total. The minimum absolute atomic E-state index is 0.243. The van der Waals surface area contributed by atoms with Gasteiger partial charge in [0.25, 0.3) is 0 Å². The second-order valence-corrected chi connectivity index (χ2v) is 4.64. The number of nitrogens with one attached hydrogen (secondary N) is 1. The topological polar surface area (TPSA) is 69.6 Å². The minimum Gasteiger partial charge on any atom is -0.480 e. The Morgan fingerprint density at radius 2 is 2.22 bits per heavy atom. The summed E-state index contributed by atoms with van der Waals surface area (Å²) in [5.74, 6) is -1.02. The normalized spacial score (nSPS) is 15.8. The molecule has 2 amide bonds. The van der Waals surface area contributed by atoms with Crippen molar-refractivity contribution in [3.63, 3.8) is 0 Å². The molecule has 102 valence electrons. The maximum Gasteiger partial charge on any atom is 0.326 e. The van der Waals surface area contributed by atoms with Gasteiger partial charge in [0.2, 0.25) is 0 Å². The summed E-state index contributed by atoms with van der Waals surface area (Å²) in [6.07, 6.45) is 5.77. The zero-order valence-electron chi connectivity index (χ0n) is 10.9. The fourth-order valence-corrected chi connectivity index (χ4v) is 1.78. The van der Waals surface area contributed by atoms with E-state index in [1.54, 1.807) is 4.90 Å². The molecule has 2 N–H and O–H groups in total. The fraction of sp³-hybridized carbons (Fsp3) is 0.692. The van der Waals surface area contributed by atoms with E-state index in [9.17, 15) is 9.59 Å². The van der Waals surface area contributed by atoms with Crippen LogP contribution in [-0.4, -0.2) is 40.6 Å². The van der Waals surface area contributed by atoms with Crippen LogP contribution in [0.25, 0.3) is 0 Å². The van der Waals surface area contributed by atoms with Crippen molar-refractivity contribution in [2.75, 3.05) is 6.54 Å². The average molecular weight is 254 g/mol. The number of aliphatic carboxylic acids is 1. The Morgan fingerprint density at radius 3 is 2.67 bits per heavy atom. The Balaban J connectivity index is 2.53. The van der Waals surface area contributed by atoms with E-state index >= 15 is 0 Å². The number of hydrogen-bond acceptors (Lipinski definition) is 2. The van der Waals surface area contributed by atoms with Crippen LogP contribution in [0.1, 0.15) is 39.0 Å². The van der Waals surface area contributed by atoms with Crippen molar-refractivity contribution < 1.29 is 14.7 Å². The van der Waals surface area contributed by atoms with Gasteiger partial charge in [-0.05, 0) is 25.7 Å². The number of carbonyl (C=O) groups excluding carboxylic acids is 1. The highest BCUT2D eigenvalue weighted by Gasteiger charge is 2.33. The van der Waals surface area contributed by atoms with Gasteiger partial charge in [-0.25, -0.2) is 9.59 Å². The smallest absolute Gasteiger partial charge is 0.326 e. The number of carboxylic acid groups (broad SMARTS) is 1. The van der Waals surface area contributed by atoms with E-state index in [1.807, 2.05) is 0 Å². The number of carbonyl (C=O) groups is 2. The van der Waals surface area contributed by atoms with Gasteiger partial charge in [0.15, 0.2) is 0 Å². The molecule has 1 unspecified atom stereocenters. The summed E-state index contributed by atoms with van der Waals surface area (Å²) in [4.78, 5) is 24.8. The molecule has 18 heavy (non-hydrogen) atoms. The van der Waals surface area contributed by atoms with Crippen molar-refractivity contribution >= 4 is 12.0 Å². The summed E-state index contributed by atoms with van der Waals surface area (Å²) in [6, 6.07) is -0.840. The SMILES string of the molecule is C=CCC(NC(=O)N(CCCC)C1CC1)C(=O)O. The molecule has 0 aliphatic heterocycles. The molecule has 1 aliphatic rings. The van der Waals surface area contributed by atoms with Gasteiger partial charge in [-0.2, -0.15) is 0 Å². The number of hydrogen-bond donors (Lipinski definition) is 2. The van der Waals surface area contributed by atoms with Crippen LogP contribution in [0.3, 0.4) is 0 Å². The third-order valence-corrected chi connectivity index (χ3v) is 3.00. The van der Waals surface area contributed by atoms with E-state index in [2.05, 4.69) is 18.8 Å². The Bertz CT molecular complexity index is 313. The molecule has 0 aromatic heterocycles. The van der Waals surface area contributed by atoms with Crippen molar-refractivity contribution in [1.29, 1.82) is 0 Å². The van der Waals surface area contributed by atoms with E-state index in [4.69, 9.17) is 5.11 Å². The van der Waals surface area contributed by atoms with Gasteiger partial charge in [0.1, 0.15) is 6.04 Å². The van der Waals surface area contributed by atoms with Crippen LogP contribution in [0, 0.1) is 0 Å². The molecule has 5 heteroatoms. The minimum atomic E-state index is -1.02. The van der Waals surface area contributed by atoms with Crippen LogP contribution < -0.4 is 5.32 Å². The maximum absolute atomic E-state index is 12.0. The predicted molar refractivity (Wildman–Crippen MR) is 69.4 cm³/mol. The molecule has 0 saturated heterocycles. The first-order chi connectivity index (χ1) is 8.60. The lowest BCUT2D eigenvalue weighted by atomic mass is 10.2. The van der Waals surface area contributed by atoms with Crippen LogP contribution in [0.2, 0.25) is 0 Å². The van der Waals surface area contributed by atoms with Crippen LogP contribution in [0.5, 0.6) is 0 Å². The molecule has 0 heterocycles. The molecule has 1 atom stereocenters. The predicted octanol–water partition coefficient (Wildman–Crippen LogP) is 1.99. The van der Waals surface area contributed by atoms with Crippen LogP contribution >= 0.6 is 0 Å². The van der Waals surface area contributed by atoms with Crippen molar-refractivity contribution in [2.45, 2.75) is 51.1 Å². The van der Waals surface area contributed by atoms with E-state index in [0.29, 0.717) is 12.6 Å². The zero-order valence-corrected chi connectivity index (χ0v) is 10.9. The monoisotopic (exact) mass is 254 g/mol. The molecule has 0 aromatic carbocycles. The molecule has 0 aromatic rings. The molecule has 0 radical (unpaired) electrons. The lowest BCUT2D eigenvalue weighted by Gasteiger charge is -2.24. The quantitative estimate of drug-likeness (QED) is 0.651. The van der Waals surface area contributed by atoms with Crippen molar-refractivity contribution in [1.82, 2.24) is 10.2 Å². The molecular formula is C13H22N2O3. The van der Waals surface area contributed by atoms with Crippen molar-refractivity contribution in [3.8, 4) is 0 Å². The Labute approximate surface area is 108 Å². The molecule has 0 bridgehead atoms. The lowest BCUT2D eigenvalue weighted by Crippen LogP contribution is -2.48. The lowest BCUT2D eigenvalue weighted by molar-refractivity contribution is -0.139. The van der Waals surface area contributed by atoms with E-state index in [0.717, 1.165) is 25.7 Å². The first kappa shape index (κ1) is 14.5. The number of carboxylic acids is 1. The van der Waals surface area contributed by atoms with E-state index < -0.39 is 12.0 Å². The van der Waals surface area contributed by atoms with Gasteiger partial charge in [-0.3, -0.25) is 0 Å². The van der Waals surface area contributed by atoms with Crippen LogP contribution in [-0.2, 0) is 4.79 Å². The summed E-state index contributed by atoms with van der Waals surface area (Å²) in [5.41, 5.74) is 0. The van der Waals surface area contributed by atoms with Gasteiger partial charge < -0.3 is 15.3 Å². The van der Waals surface area contributed by atoms with E-state index in [1.165, 1.54) is 6.08 Å². The number of amides is 2. The Kier molecular flexibility index (Phi) is 5.68. The molecule has 1 fully saturated rings. The summed E-state index contributed by atoms with van der Waals surface area (Å²) in [7, 11) is 0. The molecule has 1 saturated carbocycles. The molecule has 0 spiro atoms. The van der Waals surface area contributed by atoms with Gasteiger partial charge in [0, 0.05) is 12.6 Å². The van der Waals surface area contributed by atoms with Crippen LogP contribution in [0.4, 0.5) is 4.79 Å². The first-order valence-electron chi connectivity index (χ1n) is 6.51. The Hall–Kier alpha value is -1.52. The summed E-state index contributed by atoms with van der Waals surface area (Å²) in [6.45, 7) is 6.28. The largest absolute Gasteiger partial charge is 0.480 e. The number of unbranched alkanes of at least 4 members (excludes halogenated alkanes) is 1. The molecule has 1 aliphatic carbocycles. The third kappa shape index (κ3) is 4.39. The van der Waals surface area contributed by atoms with Gasteiger partial charge in [0.05, 0.1) is 0 Å². The highest BCUT2D eigenvalue weighted by atomic mass is 16.4. The summed E-state index contributed by atoms with van der Waals surface area (Å²) in [5, 5.41) is 11.5. The summed E-state index contributed by atoms with van der Waals surface area (Å²) >= 11 is 0. The molecular weight excluding hydrogens is 232 g/mol. The Morgan fingerprint density at radius 1 is 1.56 bits per heavy atom. The molecule has 1 rings (SSSR count). The highest BCUT2D eigenvalue weighted by molar-refractivity contribution is 5.83. The zero-order chi connectivity index (χ0) is 13.5. The first-order valence-corrected chi connectivity index (χ1v) is 6.51. The summed E-state index contributed by atoms with van der Waals surface area (Å²) < 4.78 is 0. The van der Waals surface area contributed by atoms with Gasteiger partial charge >= 0.3 is 12.0 Å². The maximum atomic E-state index is 12.0. The van der Waals surface area contributed by atoms with Gasteiger partial charge in [-0.15, -0.1) is 6.58 Å². The second kappa shape index (κ2) is 7.03. The van der Waals surface area contributed by atoms with E-state index in [-0.39, 0.29) is 12.5 Å². The van der Waals surface area contributed by atoms with Crippen molar-refractivity contribution in [2.24, 2.45) is 0 Å². The fourth-order valence-electron chi connectivity index (χ4n) is 1.78. The third-order valence-electron chi connectivity index (χ3n) is 3.00. The van der Waals surface area contributed by atoms with Gasteiger partial charge in [-0.1, -0.05) is 19.4 Å². The van der Waals surface area contributed by atoms with Crippen LogP contribution in [0.15, 0.2) is 12.7 Å². The number of nitrogens with zero attached hydrogens (tertiary/aromatic N) is 1. The number of rotatable bonds is 8. The standard InChI is InChI=1S/C13H22N2O3/c1-3-5-9-15(10-7-8-10)13(18)14-11(6-4-2)12(16)17/h4,10-11H,2-3,5-9H2,1H3,(H,14,18)(H,16,17). The number of urea groups is 1.